The van der Waals surface area contributed by atoms with E-state index in [2.05, 4.69) is 21.2 Å². The first-order chi connectivity index (χ1) is 14.5. The van der Waals surface area contributed by atoms with Crippen LogP contribution < -0.4 is 14.8 Å². The summed E-state index contributed by atoms with van der Waals surface area (Å²) in [7, 11) is 0. The molecule has 2 N–H and O–H groups in total. The van der Waals surface area contributed by atoms with E-state index in [1.54, 1.807) is 24.3 Å². The molecule has 0 atom stereocenters. The Labute approximate surface area is 188 Å². The van der Waals surface area contributed by atoms with E-state index in [9.17, 15) is 4.79 Å². The number of nitrogens with one attached hydrogen (secondary N) is 1. The molecule has 156 valence electrons. The number of aromatic carboxylic acids is 1. The van der Waals surface area contributed by atoms with Gasteiger partial charge in [-0.1, -0.05) is 39.7 Å². The molecule has 0 saturated carbocycles. The van der Waals surface area contributed by atoms with Crippen molar-refractivity contribution in [1.82, 2.24) is 0 Å². The standard InChI is InChI=1S/C23H21BrClNO4/c1-2-29-21-11-17(13-26-19-8-6-16(7-9-19)23(27)28)20(24)12-22(21)30-14-15-4-3-5-18(25)10-15/h3-12,26H,2,13-14H2,1H3,(H,27,28). The molecule has 0 bridgehead atoms. The Balaban J connectivity index is 1.72. The van der Waals surface area contributed by atoms with Crippen molar-refractivity contribution in [1.29, 1.82) is 0 Å². The zero-order chi connectivity index (χ0) is 21.5. The molecule has 0 amide bonds. The fourth-order valence-electron chi connectivity index (χ4n) is 2.81. The van der Waals surface area contributed by atoms with Gasteiger partial charge in [0.1, 0.15) is 6.61 Å². The van der Waals surface area contributed by atoms with E-state index in [1.807, 2.05) is 43.3 Å². The van der Waals surface area contributed by atoms with Crippen LogP contribution in [0.1, 0.15) is 28.4 Å². The predicted molar refractivity (Wildman–Crippen MR) is 122 cm³/mol. The molecule has 0 radical (unpaired) electrons. The molecular formula is C23H21BrClNO4. The van der Waals surface area contributed by atoms with Gasteiger partial charge in [-0.05, 0) is 66.6 Å². The number of anilines is 1. The molecule has 5 nitrogen and oxygen atoms in total. The van der Waals surface area contributed by atoms with Crippen LogP contribution in [0.15, 0.2) is 65.1 Å². The van der Waals surface area contributed by atoms with Crippen molar-refractivity contribution in [3.63, 3.8) is 0 Å². The van der Waals surface area contributed by atoms with Gasteiger partial charge >= 0.3 is 5.97 Å². The number of hydrogen-bond acceptors (Lipinski definition) is 4. The highest BCUT2D eigenvalue weighted by Gasteiger charge is 2.12. The molecule has 0 aromatic heterocycles. The number of ether oxygens (including phenoxy) is 2. The van der Waals surface area contributed by atoms with Gasteiger partial charge in [0.2, 0.25) is 0 Å². The molecule has 0 unspecified atom stereocenters. The van der Waals surface area contributed by atoms with E-state index in [-0.39, 0.29) is 5.56 Å². The lowest BCUT2D eigenvalue weighted by Crippen LogP contribution is -2.04. The van der Waals surface area contributed by atoms with Crippen LogP contribution in [-0.4, -0.2) is 17.7 Å². The zero-order valence-electron chi connectivity index (χ0n) is 16.3. The van der Waals surface area contributed by atoms with Crippen LogP contribution in [0.4, 0.5) is 5.69 Å². The summed E-state index contributed by atoms with van der Waals surface area (Å²) in [6.07, 6.45) is 0. The lowest BCUT2D eigenvalue weighted by Gasteiger charge is -2.16. The highest BCUT2D eigenvalue weighted by molar-refractivity contribution is 9.10. The molecule has 3 aromatic carbocycles. The van der Waals surface area contributed by atoms with Crippen LogP contribution >= 0.6 is 27.5 Å². The molecule has 30 heavy (non-hydrogen) atoms. The number of halogens is 2. The summed E-state index contributed by atoms with van der Waals surface area (Å²) >= 11 is 9.64. The molecular weight excluding hydrogens is 470 g/mol. The molecule has 0 saturated heterocycles. The normalized spacial score (nSPS) is 10.5. The summed E-state index contributed by atoms with van der Waals surface area (Å²) in [5.74, 6) is 0.345. The van der Waals surface area contributed by atoms with E-state index < -0.39 is 5.97 Å². The summed E-state index contributed by atoms with van der Waals surface area (Å²) in [6, 6.07) is 18.0. The van der Waals surface area contributed by atoms with Gasteiger partial charge in [-0.15, -0.1) is 0 Å². The smallest absolute Gasteiger partial charge is 0.335 e. The zero-order valence-corrected chi connectivity index (χ0v) is 18.7. The highest BCUT2D eigenvalue weighted by Crippen LogP contribution is 2.35. The maximum atomic E-state index is 11.0. The number of benzene rings is 3. The summed E-state index contributed by atoms with van der Waals surface area (Å²) in [4.78, 5) is 11.0. The van der Waals surface area contributed by atoms with Crippen molar-refractivity contribution in [2.45, 2.75) is 20.1 Å². The number of carboxylic acid groups (broad SMARTS) is 1. The van der Waals surface area contributed by atoms with Crippen LogP contribution in [0.3, 0.4) is 0 Å². The fourth-order valence-corrected chi connectivity index (χ4v) is 3.49. The largest absolute Gasteiger partial charge is 0.490 e. The first-order valence-electron chi connectivity index (χ1n) is 9.36. The number of carboxylic acids is 1. The van der Waals surface area contributed by atoms with Crippen molar-refractivity contribution in [3.8, 4) is 11.5 Å². The summed E-state index contributed by atoms with van der Waals surface area (Å²) in [5.41, 5.74) is 3.03. The van der Waals surface area contributed by atoms with Gasteiger partial charge in [0.25, 0.3) is 0 Å². The molecule has 7 heteroatoms. The maximum absolute atomic E-state index is 11.0. The molecule has 3 rings (SSSR count). The van der Waals surface area contributed by atoms with E-state index in [0.29, 0.717) is 36.3 Å². The van der Waals surface area contributed by atoms with Gasteiger partial charge < -0.3 is 19.9 Å². The Morgan fingerprint density at radius 2 is 1.80 bits per heavy atom. The van der Waals surface area contributed by atoms with E-state index in [1.165, 1.54) is 0 Å². The van der Waals surface area contributed by atoms with Crippen molar-refractivity contribution in [2.24, 2.45) is 0 Å². The third kappa shape index (κ3) is 5.90. The minimum absolute atomic E-state index is 0.251. The Hall–Kier alpha value is -2.70. The SMILES string of the molecule is CCOc1cc(CNc2ccc(C(=O)O)cc2)c(Br)cc1OCc1cccc(Cl)c1. The Morgan fingerprint density at radius 3 is 2.47 bits per heavy atom. The van der Waals surface area contributed by atoms with Crippen LogP contribution in [0, 0.1) is 0 Å². The topological polar surface area (TPSA) is 67.8 Å². The van der Waals surface area contributed by atoms with Crippen molar-refractivity contribution < 1.29 is 19.4 Å². The van der Waals surface area contributed by atoms with Gasteiger partial charge in [0, 0.05) is 21.7 Å². The number of carbonyl (C=O) groups is 1. The average molecular weight is 491 g/mol. The Bertz CT molecular complexity index is 1020. The van der Waals surface area contributed by atoms with Crippen LogP contribution in [0.2, 0.25) is 5.02 Å². The van der Waals surface area contributed by atoms with Crippen LogP contribution in [0.5, 0.6) is 11.5 Å². The Morgan fingerprint density at radius 1 is 1.07 bits per heavy atom. The minimum atomic E-state index is -0.945. The summed E-state index contributed by atoms with van der Waals surface area (Å²) in [5, 5.41) is 13.0. The van der Waals surface area contributed by atoms with Gasteiger partial charge in [-0.2, -0.15) is 0 Å². The minimum Gasteiger partial charge on any atom is -0.490 e. The van der Waals surface area contributed by atoms with Crippen molar-refractivity contribution in [3.05, 3.63) is 86.8 Å². The maximum Gasteiger partial charge on any atom is 0.335 e. The van der Waals surface area contributed by atoms with E-state index >= 15 is 0 Å². The quantitative estimate of drug-likeness (QED) is 0.364. The predicted octanol–water partition coefficient (Wildman–Crippen LogP) is 6.39. The third-order valence-corrected chi connectivity index (χ3v) is 5.28. The summed E-state index contributed by atoms with van der Waals surface area (Å²) in [6.45, 7) is 3.34. The molecule has 3 aromatic rings. The lowest BCUT2D eigenvalue weighted by molar-refractivity contribution is 0.0697. The van der Waals surface area contributed by atoms with E-state index in [0.717, 1.165) is 21.3 Å². The lowest BCUT2D eigenvalue weighted by atomic mass is 10.1. The second-order valence-corrected chi connectivity index (χ2v) is 7.77. The van der Waals surface area contributed by atoms with Crippen molar-refractivity contribution >= 4 is 39.2 Å². The van der Waals surface area contributed by atoms with Crippen LogP contribution in [-0.2, 0) is 13.2 Å². The Kier molecular flexibility index (Phi) is 7.60. The number of hydrogen-bond donors (Lipinski definition) is 2. The molecule has 0 aliphatic rings. The molecule has 0 fully saturated rings. The first kappa shape index (κ1) is 22.0. The third-order valence-electron chi connectivity index (χ3n) is 4.31. The first-order valence-corrected chi connectivity index (χ1v) is 10.5. The van der Waals surface area contributed by atoms with Gasteiger partial charge in [-0.25, -0.2) is 4.79 Å². The van der Waals surface area contributed by atoms with Gasteiger partial charge in [0.05, 0.1) is 12.2 Å². The highest BCUT2D eigenvalue weighted by atomic mass is 79.9. The van der Waals surface area contributed by atoms with Crippen LogP contribution in [0.25, 0.3) is 0 Å². The monoisotopic (exact) mass is 489 g/mol. The van der Waals surface area contributed by atoms with Crippen molar-refractivity contribution in [2.75, 3.05) is 11.9 Å². The molecule has 0 aliphatic heterocycles. The average Bonchev–Trinajstić information content (AvgIpc) is 2.73. The molecule has 0 aliphatic carbocycles. The molecule has 0 spiro atoms. The number of rotatable bonds is 9. The van der Waals surface area contributed by atoms with E-state index in [4.69, 9.17) is 26.2 Å². The molecule has 0 heterocycles. The fraction of sp³-hybridized carbons (Fsp3) is 0.174. The second-order valence-electron chi connectivity index (χ2n) is 6.48. The van der Waals surface area contributed by atoms with Gasteiger partial charge in [-0.3, -0.25) is 0 Å². The second kappa shape index (κ2) is 10.4. The van der Waals surface area contributed by atoms with Gasteiger partial charge in [0.15, 0.2) is 11.5 Å². The summed E-state index contributed by atoms with van der Waals surface area (Å²) < 4.78 is 12.6.